The predicted molar refractivity (Wildman–Crippen MR) is 111 cm³/mol. The molecule has 6 nitrogen and oxygen atoms in total. The molecule has 0 aromatic rings. The van der Waals surface area contributed by atoms with Crippen molar-refractivity contribution in [3.63, 3.8) is 0 Å². The van der Waals surface area contributed by atoms with Crippen LogP contribution in [0.3, 0.4) is 0 Å². The number of Topliss-reactive ketones (excluding diaryl/α,β-unsaturated/α-hetero) is 2. The van der Waals surface area contributed by atoms with Gasteiger partial charge in [-0.1, -0.05) is 45.3 Å². The average Bonchev–Trinajstić information content (AvgIpc) is 2.94. The maximum Gasteiger partial charge on any atom is 0.305 e. The van der Waals surface area contributed by atoms with E-state index in [-0.39, 0.29) is 36.8 Å². The molecule has 29 heavy (non-hydrogen) atoms. The maximum atomic E-state index is 12.3. The van der Waals surface area contributed by atoms with Gasteiger partial charge in [0.1, 0.15) is 11.6 Å². The van der Waals surface area contributed by atoms with Crippen molar-refractivity contribution in [3.05, 3.63) is 12.2 Å². The molecule has 1 saturated carbocycles. The predicted octanol–water partition coefficient (Wildman–Crippen LogP) is 3.38. The number of aliphatic hydroxyl groups excluding tert-OH is 2. The number of carbonyl (C=O) groups is 3. The highest BCUT2D eigenvalue weighted by Crippen LogP contribution is 2.34. The molecule has 1 aliphatic rings. The monoisotopic (exact) mass is 410 g/mol. The van der Waals surface area contributed by atoms with Gasteiger partial charge < -0.3 is 14.9 Å². The number of unbranched alkanes of at least 4 members (excludes halogenated alkanes) is 2. The van der Waals surface area contributed by atoms with Gasteiger partial charge in [0.25, 0.3) is 0 Å². The number of carbonyl (C=O) groups excluding carboxylic acids is 3. The molecule has 0 saturated heterocycles. The van der Waals surface area contributed by atoms with Crippen LogP contribution in [0.1, 0.15) is 78.1 Å². The first-order valence-electron chi connectivity index (χ1n) is 10.9. The Bertz CT molecular complexity index is 556. The fraction of sp³-hybridized carbons (Fsp3) is 0.783. The third kappa shape index (κ3) is 9.68. The van der Waals surface area contributed by atoms with Crippen LogP contribution in [0.5, 0.6) is 0 Å². The van der Waals surface area contributed by atoms with Crippen molar-refractivity contribution in [2.75, 3.05) is 7.11 Å². The van der Waals surface area contributed by atoms with Gasteiger partial charge >= 0.3 is 5.97 Å². The third-order valence-electron chi connectivity index (χ3n) is 5.74. The fourth-order valence-corrected chi connectivity index (χ4v) is 3.95. The van der Waals surface area contributed by atoms with E-state index in [2.05, 4.69) is 18.6 Å². The summed E-state index contributed by atoms with van der Waals surface area (Å²) < 4.78 is 4.57. The Morgan fingerprint density at radius 3 is 2.59 bits per heavy atom. The second-order valence-corrected chi connectivity index (χ2v) is 8.38. The summed E-state index contributed by atoms with van der Waals surface area (Å²) in [6.07, 6.45) is 7.86. The van der Waals surface area contributed by atoms with Crippen molar-refractivity contribution in [1.82, 2.24) is 0 Å². The topological polar surface area (TPSA) is 101 Å². The molecule has 0 radical (unpaired) electrons. The Labute approximate surface area is 174 Å². The largest absolute Gasteiger partial charge is 0.469 e. The molecule has 5 atom stereocenters. The zero-order valence-electron chi connectivity index (χ0n) is 18.1. The van der Waals surface area contributed by atoms with Crippen LogP contribution in [-0.2, 0) is 19.1 Å². The van der Waals surface area contributed by atoms with Crippen LogP contribution in [0.15, 0.2) is 12.2 Å². The van der Waals surface area contributed by atoms with Gasteiger partial charge in [-0.05, 0) is 25.2 Å². The lowest BCUT2D eigenvalue weighted by Gasteiger charge is -2.18. The Morgan fingerprint density at radius 1 is 1.24 bits per heavy atom. The van der Waals surface area contributed by atoms with E-state index in [0.717, 1.165) is 19.3 Å². The van der Waals surface area contributed by atoms with E-state index >= 15 is 0 Å². The molecular weight excluding hydrogens is 372 g/mol. The van der Waals surface area contributed by atoms with E-state index < -0.39 is 24.0 Å². The molecule has 0 amide bonds. The molecule has 0 aliphatic heterocycles. The van der Waals surface area contributed by atoms with Gasteiger partial charge in [0.2, 0.25) is 0 Å². The SMILES string of the molecule is CCCC[C@H](C)C[C@H](O)C=C[C@H]1[C@H](O)CC(=O)[C@@H]1CC(=O)CCCCC(=O)OC. The van der Waals surface area contributed by atoms with E-state index in [1.54, 1.807) is 12.2 Å². The number of ether oxygens (including phenoxy) is 1. The van der Waals surface area contributed by atoms with Gasteiger partial charge in [-0.25, -0.2) is 0 Å². The fourth-order valence-electron chi connectivity index (χ4n) is 3.95. The molecule has 1 aliphatic carbocycles. The molecule has 6 heteroatoms. The number of ketones is 2. The Balaban J connectivity index is 2.52. The lowest BCUT2D eigenvalue weighted by atomic mass is 9.87. The summed E-state index contributed by atoms with van der Waals surface area (Å²) in [5.41, 5.74) is 0. The number of esters is 1. The van der Waals surface area contributed by atoms with Crippen LogP contribution in [0.25, 0.3) is 0 Å². The highest BCUT2D eigenvalue weighted by Gasteiger charge is 2.40. The molecule has 0 aromatic carbocycles. The van der Waals surface area contributed by atoms with Gasteiger partial charge in [-0.2, -0.15) is 0 Å². The summed E-state index contributed by atoms with van der Waals surface area (Å²) in [5.74, 6) is -0.970. The Hall–Kier alpha value is -1.53. The second kappa shape index (κ2) is 13.6. The molecular formula is C23H38O6. The first kappa shape index (κ1) is 25.5. The molecule has 2 N–H and O–H groups in total. The molecule has 0 unspecified atom stereocenters. The van der Waals surface area contributed by atoms with Crippen LogP contribution < -0.4 is 0 Å². The summed E-state index contributed by atoms with van der Waals surface area (Å²) in [6, 6.07) is 0. The van der Waals surface area contributed by atoms with Crippen molar-refractivity contribution in [2.45, 2.75) is 90.3 Å². The second-order valence-electron chi connectivity index (χ2n) is 8.38. The summed E-state index contributed by atoms with van der Waals surface area (Å²) >= 11 is 0. The first-order chi connectivity index (χ1) is 13.8. The number of methoxy groups -OCH3 is 1. The van der Waals surface area contributed by atoms with Crippen LogP contribution in [0.2, 0.25) is 0 Å². The molecule has 0 aromatic heterocycles. The van der Waals surface area contributed by atoms with Gasteiger partial charge in [-0.3, -0.25) is 14.4 Å². The van der Waals surface area contributed by atoms with E-state index in [1.165, 1.54) is 7.11 Å². The maximum absolute atomic E-state index is 12.3. The minimum atomic E-state index is -0.805. The van der Waals surface area contributed by atoms with E-state index in [1.807, 2.05) is 0 Å². The minimum Gasteiger partial charge on any atom is -0.469 e. The lowest BCUT2D eigenvalue weighted by molar-refractivity contribution is -0.140. The van der Waals surface area contributed by atoms with Crippen LogP contribution >= 0.6 is 0 Å². The van der Waals surface area contributed by atoms with Gasteiger partial charge in [-0.15, -0.1) is 0 Å². The Morgan fingerprint density at radius 2 is 1.93 bits per heavy atom. The van der Waals surface area contributed by atoms with Crippen molar-refractivity contribution < 1.29 is 29.3 Å². The van der Waals surface area contributed by atoms with Crippen molar-refractivity contribution >= 4 is 17.5 Å². The zero-order valence-corrected chi connectivity index (χ0v) is 18.1. The standard InChI is InChI=1S/C23H38O6/c1-4-5-8-16(2)13-18(25)11-12-19-20(22(27)15-21(19)26)14-17(24)9-6-7-10-23(28)29-3/h11-12,16,18-21,25-26H,4-10,13-15H2,1-3H3/t16-,18+,19+,20+,21+/m0/s1. The number of rotatable bonds is 14. The minimum absolute atomic E-state index is 0.0329. The Kier molecular flexibility index (Phi) is 12.0. The zero-order chi connectivity index (χ0) is 21.8. The summed E-state index contributed by atoms with van der Waals surface area (Å²) in [6.45, 7) is 4.25. The van der Waals surface area contributed by atoms with Crippen molar-refractivity contribution in [3.8, 4) is 0 Å². The number of hydrogen-bond acceptors (Lipinski definition) is 6. The molecule has 0 bridgehead atoms. The molecule has 1 rings (SSSR count). The number of aliphatic hydroxyl groups is 2. The quantitative estimate of drug-likeness (QED) is 0.259. The molecule has 0 spiro atoms. The first-order valence-corrected chi connectivity index (χ1v) is 10.9. The van der Waals surface area contributed by atoms with Crippen LogP contribution in [-0.4, -0.2) is 47.1 Å². The molecule has 0 heterocycles. The summed E-state index contributed by atoms with van der Waals surface area (Å²) in [7, 11) is 1.33. The average molecular weight is 411 g/mol. The van der Waals surface area contributed by atoms with Gasteiger partial charge in [0, 0.05) is 37.5 Å². The molecule has 1 fully saturated rings. The van der Waals surface area contributed by atoms with E-state index in [0.29, 0.717) is 31.6 Å². The highest BCUT2D eigenvalue weighted by molar-refractivity contribution is 5.90. The van der Waals surface area contributed by atoms with Crippen LogP contribution in [0, 0.1) is 17.8 Å². The summed E-state index contributed by atoms with van der Waals surface area (Å²) in [4.78, 5) is 35.6. The van der Waals surface area contributed by atoms with Crippen molar-refractivity contribution in [1.29, 1.82) is 0 Å². The van der Waals surface area contributed by atoms with E-state index in [9.17, 15) is 24.6 Å². The third-order valence-corrected chi connectivity index (χ3v) is 5.74. The summed E-state index contributed by atoms with van der Waals surface area (Å²) in [5, 5.41) is 20.5. The van der Waals surface area contributed by atoms with Crippen molar-refractivity contribution in [2.24, 2.45) is 17.8 Å². The smallest absolute Gasteiger partial charge is 0.305 e. The number of hydrogen-bond donors (Lipinski definition) is 2. The van der Waals surface area contributed by atoms with Crippen LogP contribution in [0.4, 0.5) is 0 Å². The van der Waals surface area contributed by atoms with Gasteiger partial charge in [0.15, 0.2) is 0 Å². The molecule has 166 valence electrons. The van der Waals surface area contributed by atoms with Gasteiger partial charge in [0.05, 0.1) is 19.3 Å². The lowest BCUT2D eigenvalue weighted by Crippen LogP contribution is -2.22. The highest BCUT2D eigenvalue weighted by atomic mass is 16.5. The van der Waals surface area contributed by atoms with E-state index in [4.69, 9.17) is 0 Å². The normalized spacial score (nSPS) is 24.0.